The summed E-state index contributed by atoms with van der Waals surface area (Å²) in [5.74, 6) is 0.791. The summed E-state index contributed by atoms with van der Waals surface area (Å²) < 4.78 is 0. The molecule has 0 aliphatic carbocycles. The van der Waals surface area contributed by atoms with Crippen LogP contribution < -0.4 is 11.1 Å². The van der Waals surface area contributed by atoms with Crippen molar-refractivity contribution in [2.45, 2.75) is 58.9 Å². The lowest BCUT2D eigenvalue weighted by Crippen LogP contribution is -2.38. The van der Waals surface area contributed by atoms with E-state index in [1.807, 2.05) is 0 Å². The van der Waals surface area contributed by atoms with E-state index in [1.165, 1.54) is 38.6 Å². The highest BCUT2D eigenvalue weighted by molar-refractivity contribution is 4.98. The SMILES string of the molecule is CCCCCC(C1CN1)C(C)(CC)CN. The topological polar surface area (TPSA) is 48.0 Å². The number of hydrogen-bond acceptors (Lipinski definition) is 2. The molecule has 3 atom stereocenters. The van der Waals surface area contributed by atoms with Crippen LogP contribution in [0.3, 0.4) is 0 Å². The average Bonchev–Trinajstić information content (AvgIpc) is 3.07. The van der Waals surface area contributed by atoms with Crippen molar-refractivity contribution in [2.24, 2.45) is 17.1 Å². The zero-order valence-corrected chi connectivity index (χ0v) is 10.7. The van der Waals surface area contributed by atoms with Gasteiger partial charge in [0, 0.05) is 12.6 Å². The molecule has 1 heterocycles. The van der Waals surface area contributed by atoms with Crippen molar-refractivity contribution in [3.8, 4) is 0 Å². The maximum absolute atomic E-state index is 5.96. The van der Waals surface area contributed by atoms with Crippen molar-refractivity contribution in [2.75, 3.05) is 13.1 Å². The van der Waals surface area contributed by atoms with Crippen LogP contribution >= 0.6 is 0 Å². The van der Waals surface area contributed by atoms with Crippen LogP contribution in [0.1, 0.15) is 52.9 Å². The van der Waals surface area contributed by atoms with Crippen LogP contribution in [0, 0.1) is 11.3 Å². The van der Waals surface area contributed by atoms with Gasteiger partial charge in [0.2, 0.25) is 0 Å². The molecule has 1 aliphatic rings. The van der Waals surface area contributed by atoms with Crippen LogP contribution in [0.5, 0.6) is 0 Å². The molecule has 0 aromatic heterocycles. The highest BCUT2D eigenvalue weighted by Crippen LogP contribution is 2.38. The average molecular weight is 212 g/mol. The van der Waals surface area contributed by atoms with Gasteiger partial charge in [0.05, 0.1) is 0 Å². The minimum absolute atomic E-state index is 0.349. The summed E-state index contributed by atoms with van der Waals surface area (Å²) in [6.45, 7) is 8.96. The van der Waals surface area contributed by atoms with E-state index >= 15 is 0 Å². The fourth-order valence-electron chi connectivity index (χ4n) is 2.56. The standard InChI is InChI=1S/C13H28N2/c1-4-6-7-8-11(12-9-15-12)13(3,5-2)10-14/h11-12,15H,4-10,14H2,1-3H3. The molecule has 1 fully saturated rings. The summed E-state index contributed by atoms with van der Waals surface area (Å²) in [4.78, 5) is 0. The Labute approximate surface area is 95.0 Å². The largest absolute Gasteiger partial charge is 0.330 e. The Morgan fingerprint density at radius 2 is 2.07 bits per heavy atom. The molecule has 3 unspecified atom stereocenters. The molecular formula is C13H28N2. The lowest BCUT2D eigenvalue weighted by molar-refractivity contribution is 0.168. The van der Waals surface area contributed by atoms with E-state index < -0.39 is 0 Å². The fraction of sp³-hybridized carbons (Fsp3) is 1.00. The second-order valence-corrected chi connectivity index (χ2v) is 5.33. The summed E-state index contributed by atoms with van der Waals surface area (Å²) in [5, 5.41) is 3.48. The Balaban J connectivity index is 2.48. The van der Waals surface area contributed by atoms with E-state index in [2.05, 4.69) is 26.1 Å². The number of rotatable bonds is 8. The minimum atomic E-state index is 0.349. The molecule has 2 nitrogen and oxygen atoms in total. The Morgan fingerprint density at radius 3 is 2.47 bits per heavy atom. The van der Waals surface area contributed by atoms with E-state index in [4.69, 9.17) is 5.73 Å². The molecule has 0 aromatic rings. The van der Waals surface area contributed by atoms with Crippen molar-refractivity contribution in [1.82, 2.24) is 5.32 Å². The maximum atomic E-state index is 5.96. The first-order chi connectivity index (χ1) is 7.18. The molecule has 0 aromatic carbocycles. The summed E-state index contributed by atoms with van der Waals surface area (Å²) >= 11 is 0. The van der Waals surface area contributed by atoms with Crippen LogP contribution in [0.25, 0.3) is 0 Å². The van der Waals surface area contributed by atoms with Gasteiger partial charge in [-0.15, -0.1) is 0 Å². The summed E-state index contributed by atoms with van der Waals surface area (Å²) in [5.41, 5.74) is 6.31. The molecule has 0 radical (unpaired) electrons. The zero-order chi connectivity index (χ0) is 11.3. The van der Waals surface area contributed by atoms with E-state index in [0.29, 0.717) is 5.41 Å². The molecule has 0 amide bonds. The lowest BCUT2D eigenvalue weighted by Gasteiger charge is -2.36. The summed E-state index contributed by atoms with van der Waals surface area (Å²) in [6.07, 6.45) is 6.62. The second-order valence-electron chi connectivity index (χ2n) is 5.33. The third-order valence-electron chi connectivity index (χ3n) is 4.21. The van der Waals surface area contributed by atoms with Crippen LogP contribution in [0.4, 0.5) is 0 Å². The molecule has 0 saturated carbocycles. The van der Waals surface area contributed by atoms with Crippen molar-refractivity contribution < 1.29 is 0 Å². The molecule has 1 rings (SSSR count). The quantitative estimate of drug-likeness (QED) is 0.480. The van der Waals surface area contributed by atoms with E-state index in [9.17, 15) is 0 Å². The first-order valence-electron chi connectivity index (χ1n) is 6.61. The van der Waals surface area contributed by atoms with Crippen molar-refractivity contribution in [3.63, 3.8) is 0 Å². The number of nitrogens with two attached hydrogens (primary N) is 1. The van der Waals surface area contributed by atoms with Crippen LogP contribution in [0.15, 0.2) is 0 Å². The van der Waals surface area contributed by atoms with Crippen molar-refractivity contribution in [1.29, 1.82) is 0 Å². The van der Waals surface area contributed by atoms with Gasteiger partial charge in [-0.1, -0.05) is 40.0 Å². The third kappa shape index (κ3) is 3.46. The van der Waals surface area contributed by atoms with Crippen LogP contribution in [-0.2, 0) is 0 Å². The first kappa shape index (κ1) is 13.0. The maximum Gasteiger partial charge on any atom is 0.0227 e. The lowest BCUT2D eigenvalue weighted by atomic mass is 9.71. The van der Waals surface area contributed by atoms with Gasteiger partial charge in [-0.3, -0.25) is 0 Å². The van der Waals surface area contributed by atoms with Gasteiger partial charge in [0.15, 0.2) is 0 Å². The van der Waals surface area contributed by atoms with Gasteiger partial charge in [-0.25, -0.2) is 0 Å². The van der Waals surface area contributed by atoms with E-state index in [0.717, 1.165) is 18.5 Å². The number of hydrogen-bond donors (Lipinski definition) is 2. The van der Waals surface area contributed by atoms with Gasteiger partial charge in [-0.05, 0) is 30.7 Å². The highest BCUT2D eigenvalue weighted by atomic mass is 15.1. The Hall–Kier alpha value is -0.0800. The monoisotopic (exact) mass is 212 g/mol. The minimum Gasteiger partial charge on any atom is -0.330 e. The Bertz CT molecular complexity index is 171. The predicted octanol–water partition coefficient (Wildman–Crippen LogP) is 2.53. The molecule has 2 heteroatoms. The molecule has 0 spiro atoms. The molecule has 1 saturated heterocycles. The highest BCUT2D eigenvalue weighted by Gasteiger charge is 2.41. The predicted molar refractivity (Wildman–Crippen MR) is 66.9 cm³/mol. The van der Waals surface area contributed by atoms with Gasteiger partial charge in [0.1, 0.15) is 0 Å². The first-order valence-corrected chi connectivity index (χ1v) is 6.61. The fourth-order valence-corrected chi connectivity index (χ4v) is 2.56. The van der Waals surface area contributed by atoms with Gasteiger partial charge >= 0.3 is 0 Å². The van der Waals surface area contributed by atoms with Gasteiger partial charge < -0.3 is 11.1 Å². The molecule has 1 aliphatic heterocycles. The third-order valence-corrected chi connectivity index (χ3v) is 4.21. The Morgan fingerprint density at radius 1 is 1.40 bits per heavy atom. The van der Waals surface area contributed by atoms with Gasteiger partial charge in [0.25, 0.3) is 0 Å². The van der Waals surface area contributed by atoms with Crippen molar-refractivity contribution in [3.05, 3.63) is 0 Å². The summed E-state index contributed by atoms with van der Waals surface area (Å²) in [6, 6.07) is 0.760. The van der Waals surface area contributed by atoms with Crippen molar-refractivity contribution >= 4 is 0 Å². The zero-order valence-electron chi connectivity index (χ0n) is 10.7. The second kappa shape index (κ2) is 5.86. The molecule has 3 N–H and O–H groups in total. The van der Waals surface area contributed by atoms with E-state index in [1.54, 1.807) is 0 Å². The normalized spacial score (nSPS) is 26.0. The molecule has 0 bridgehead atoms. The molecule has 15 heavy (non-hydrogen) atoms. The molecular weight excluding hydrogens is 184 g/mol. The Kier molecular flexibility index (Phi) is 5.07. The number of nitrogens with one attached hydrogen (secondary N) is 1. The van der Waals surface area contributed by atoms with Gasteiger partial charge in [-0.2, -0.15) is 0 Å². The smallest absolute Gasteiger partial charge is 0.0227 e. The molecule has 90 valence electrons. The van der Waals surface area contributed by atoms with E-state index in [-0.39, 0.29) is 0 Å². The number of unbranched alkanes of at least 4 members (excludes halogenated alkanes) is 2. The van der Waals surface area contributed by atoms with Crippen LogP contribution in [-0.4, -0.2) is 19.1 Å². The summed E-state index contributed by atoms with van der Waals surface area (Å²) in [7, 11) is 0. The van der Waals surface area contributed by atoms with Crippen LogP contribution in [0.2, 0.25) is 0 Å².